The third-order valence-corrected chi connectivity index (χ3v) is 4.77. The minimum Gasteiger partial charge on any atom is -0.385 e. The van der Waals surface area contributed by atoms with E-state index in [0.29, 0.717) is 5.25 Å². The maximum absolute atomic E-state index is 12.1. The number of aryl methyl sites for hydroxylation is 1. The van der Waals surface area contributed by atoms with Crippen LogP contribution in [0.5, 0.6) is 0 Å². The zero-order valence-corrected chi connectivity index (χ0v) is 12.5. The fourth-order valence-electron chi connectivity index (χ4n) is 2.31. The van der Waals surface area contributed by atoms with E-state index in [4.69, 9.17) is 0 Å². The maximum Gasteiger partial charge on any atom is 0.251 e. The summed E-state index contributed by atoms with van der Waals surface area (Å²) in [4.78, 5) is 12.1. The average Bonchev–Trinajstić information content (AvgIpc) is 2.91. The zero-order chi connectivity index (χ0) is 13.7. The number of amides is 1. The number of carbonyl (C=O) groups is 1. The van der Waals surface area contributed by atoms with Crippen LogP contribution in [0.25, 0.3) is 0 Å². The molecule has 1 unspecified atom stereocenters. The Balaban J connectivity index is 1.92. The molecule has 1 atom stereocenters. The molecule has 1 fully saturated rings. The van der Waals surface area contributed by atoms with Gasteiger partial charge < -0.3 is 10.6 Å². The third-order valence-electron chi connectivity index (χ3n) is 3.37. The molecule has 1 saturated heterocycles. The molecule has 2 rings (SSSR count). The van der Waals surface area contributed by atoms with Crippen molar-refractivity contribution in [3.63, 3.8) is 0 Å². The van der Waals surface area contributed by atoms with Crippen molar-refractivity contribution in [3.05, 3.63) is 29.3 Å². The molecular weight excluding hydrogens is 256 g/mol. The molecule has 104 valence electrons. The van der Waals surface area contributed by atoms with E-state index in [2.05, 4.69) is 17.6 Å². The topological polar surface area (TPSA) is 41.1 Å². The molecule has 0 radical (unpaired) electrons. The first kappa shape index (κ1) is 14.3. The molecule has 1 aromatic rings. The van der Waals surface area contributed by atoms with E-state index in [-0.39, 0.29) is 5.91 Å². The molecule has 19 heavy (non-hydrogen) atoms. The molecule has 1 heterocycles. The van der Waals surface area contributed by atoms with Gasteiger partial charge in [0.25, 0.3) is 5.91 Å². The van der Waals surface area contributed by atoms with Crippen molar-refractivity contribution in [2.24, 2.45) is 0 Å². The van der Waals surface area contributed by atoms with E-state index in [1.165, 1.54) is 18.6 Å². The van der Waals surface area contributed by atoms with E-state index >= 15 is 0 Å². The van der Waals surface area contributed by atoms with E-state index in [1.807, 2.05) is 36.9 Å². The molecule has 0 saturated carbocycles. The largest absolute Gasteiger partial charge is 0.385 e. The molecule has 4 heteroatoms. The van der Waals surface area contributed by atoms with E-state index in [0.717, 1.165) is 29.9 Å². The number of nitrogens with one attached hydrogen (secondary N) is 2. The number of hydrogen-bond acceptors (Lipinski definition) is 3. The number of carbonyl (C=O) groups excluding carboxylic acids is 1. The van der Waals surface area contributed by atoms with Crippen molar-refractivity contribution >= 4 is 23.4 Å². The van der Waals surface area contributed by atoms with Gasteiger partial charge in [-0.3, -0.25) is 4.79 Å². The van der Waals surface area contributed by atoms with Crippen LogP contribution in [0.1, 0.15) is 35.7 Å². The molecule has 0 spiro atoms. The molecule has 1 aromatic carbocycles. The molecule has 1 aliphatic rings. The molecular formula is C15H22N2OS. The number of hydrogen-bond donors (Lipinski definition) is 2. The highest BCUT2D eigenvalue weighted by Gasteiger charge is 2.16. The zero-order valence-electron chi connectivity index (χ0n) is 11.7. The lowest BCUT2D eigenvalue weighted by atomic mass is 10.1. The van der Waals surface area contributed by atoms with Gasteiger partial charge in [0, 0.05) is 29.6 Å². The highest BCUT2D eigenvalue weighted by Crippen LogP contribution is 2.25. The summed E-state index contributed by atoms with van der Waals surface area (Å²) in [7, 11) is 0. The SMILES string of the molecule is CCNc1ccc(C(=O)NCC2CCCS2)cc1C. The first-order chi connectivity index (χ1) is 9.20. The van der Waals surface area contributed by atoms with Crippen molar-refractivity contribution in [2.45, 2.75) is 31.9 Å². The smallest absolute Gasteiger partial charge is 0.251 e. The van der Waals surface area contributed by atoms with Crippen LogP contribution >= 0.6 is 11.8 Å². The van der Waals surface area contributed by atoms with Crippen LogP contribution in [-0.2, 0) is 0 Å². The van der Waals surface area contributed by atoms with Gasteiger partial charge in [-0.1, -0.05) is 0 Å². The van der Waals surface area contributed by atoms with Crippen LogP contribution in [-0.4, -0.2) is 30.0 Å². The highest BCUT2D eigenvalue weighted by molar-refractivity contribution is 8.00. The Morgan fingerprint density at radius 2 is 2.32 bits per heavy atom. The maximum atomic E-state index is 12.1. The lowest BCUT2D eigenvalue weighted by Crippen LogP contribution is -2.29. The summed E-state index contributed by atoms with van der Waals surface area (Å²) in [6.07, 6.45) is 2.50. The average molecular weight is 278 g/mol. The fraction of sp³-hybridized carbons (Fsp3) is 0.533. The van der Waals surface area contributed by atoms with Gasteiger partial charge in [0.1, 0.15) is 0 Å². The Morgan fingerprint density at radius 1 is 1.47 bits per heavy atom. The van der Waals surface area contributed by atoms with Crippen molar-refractivity contribution < 1.29 is 4.79 Å². The van der Waals surface area contributed by atoms with Crippen molar-refractivity contribution in [1.82, 2.24) is 5.32 Å². The molecule has 1 aliphatic heterocycles. The number of rotatable bonds is 5. The van der Waals surface area contributed by atoms with Gasteiger partial charge in [-0.05, 0) is 56.2 Å². The molecule has 2 N–H and O–H groups in total. The van der Waals surface area contributed by atoms with Crippen molar-refractivity contribution in [2.75, 3.05) is 24.2 Å². The molecule has 0 aromatic heterocycles. The lowest BCUT2D eigenvalue weighted by Gasteiger charge is -2.12. The van der Waals surface area contributed by atoms with Crippen molar-refractivity contribution in [3.8, 4) is 0 Å². The third kappa shape index (κ3) is 3.90. The van der Waals surface area contributed by atoms with Crippen LogP contribution in [0.15, 0.2) is 18.2 Å². The van der Waals surface area contributed by atoms with Crippen molar-refractivity contribution in [1.29, 1.82) is 0 Å². The summed E-state index contributed by atoms with van der Waals surface area (Å²) in [6, 6.07) is 5.83. The fourth-order valence-corrected chi connectivity index (χ4v) is 3.51. The predicted octanol–water partition coefficient (Wildman–Crippen LogP) is 3.05. The Kier molecular flexibility index (Phi) is 5.14. The number of anilines is 1. The summed E-state index contributed by atoms with van der Waals surface area (Å²) in [5.41, 5.74) is 2.97. The van der Waals surface area contributed by atoms with Gasteiger partial charge in [0.2, 0.25) is 0 Å². The lowest BCUT2D eigenvalue weighted by molar-refractivity contribution is 0.0953. The Labute approximate surface area is 119 Å². The summed E-state index contributed by atoms with van der Waals surface area (Å²) in [5.74, 6) is 1.27. The first-order valence-electron chi connectivity index (χ1n) is 6.95. The standard InChI is InChI=1S/C15H22N2OS/c1-3-16-14-7-6-12(9-11(14)2)15(18)17-10-13-5-4-8-19-13/h6-7,9,13,16H,3-5,8,10H2,1-2H3,(H,17,18). The normalized spacial score (nSPS) is 18.3. The van der Waals surface area contributed by atoms with Gasteiger partial charge in [-0.15, -0.1) is 0 Å². The van der Waals surface area contributed by atoms with E-state index < -0.39 is 0 Å². The summed E-state index contributed by atoms with van der Waals surface area (Å²) in [6.45, 7) is 5.78. The van der Waals surface area contributed by atoms with E-state index in [1.54, 1.807) is 0 Å². The van der Waals surface area contributed by atoms with Gasteiger partial charge in [-0.2, -0.15) is 11.8 Å². The van der Waals surface area contributed by atoms with Gasteiger partial charge in [0.05, 0.1) is 0 Å². The molecule has 0 aliphatic carbocycles. The summed E-state index contributed by atoms with van der Waals surface area (Å²) in [5, 5.41) is 6.93. The van der Waals surface area contributed by atoms with Crippen LogP contribution in [0.2, 0.25) is 0 Å². The second-order valence-electron chi connectivity index (χ2n) is 4.91. The van der Waals surface area contributed by atoms with Crippen LogP contribution in [0, 0.1) is 6.92 Å². The Hall–Kier alpha value is -1.16. The van der Waals surface area contributed by atoms with Crippen LogP contribution < -0.4 is 10.6 Å². The Morgan fingerprint density at radius 3 is 2.95 bits per heavy atom. The monoisotopic (exact) mass is 278 g/mol. The summed E-state index contributed by atoms with van der Waals surface area (Å²) < 4.78 is 0. The van der Waals surface area contributed by atoms with E-state index in [9.17, 15) is 4.79 Å². The Bertz CT molecular complexity index is 442. The predicted molar refractivity (Wildman–Crippen MR) is 83.2 cm³/mol. The number of thioether (sulfide) groups is 1. The highest BCUT2D eigenvalue weighted by atomic mass is 32.2. The number of benzene rings is 1. The molecule has 3 nitrogen and oxygen atoms in total. The van der Waals surface area contributed by atoms with Crippen LogP contribution in [0.3, 0.4) is 0 Å². The second kappa shape index (κ2) is 6.85. The molecule has 0 bridgehead atoms. The molecule has 1 amide bonds. The van der Waals surface area contributed by atoms with Crippen LogP contribution in [0.4, 0.5) is 5.69 Å². The second-order valence-corrected chi connectivity index (χ2v) is 6.31. The minimum atomic E-state index is 0.0404. The van der Waals surface area contributed by atoms with Gasteiger partial charge in [-0.25, -0.2) is 0 Å². The summed E-state index contributed by atoms with van der Waals surface area (Å²) >= 11 is 1.97. The first-order valence-corrected chi connectivity index (χ1v) is 8.00. The minimum absolute atomic E-state index is 0.0404. The quantitative estimate of drug-likeness (QED) is 0.870. The van der Waals surface area contributed by atoms with Gasteiger partial charge in [0.15, 0.2) is 0 Å². The van der Waals surface area contributed by atoms with Gasteiger partial charge >= 0.3 is 0 Å².